The first-order chi connectivity index (χ1) is 8.11. The van der Waals surface area contributed by atoms with Gasteiger partial charge in [-0.25, -0.2) is 4.98 Å². The summed E-state index contributed by atoms with van der Waals surface area (Å²) < 4.78 is 0.878. The fourth-order valence-electron chi connectivity index (χ4n) is 1.80. The maximum atomic E-state index is 4.52. The van der Waals surface area contributed by atoms with Crippen LogP contribution in [-0.4, -0.2) is 17.0 Å². The van der Waals surface area contributed by atoms with Crippen LogP contribution in [0.3, 0.4) is 0 Å². The van der Waals surface area contributed by atoms with Crippen LogP contribution in [-0.2, 0) is 6.54 Å². The Morgan fingerprint density at radius 1 is 1.35 bits per heavy atom. The Bertz CT molecular complexity index is 531. The van der Waals surface area contributed by atoms with Crippen molar-refractivity contribution in [2.45, 2.75) is 20.4 Å². The van der Waals surface area contributed by atoms with E-state index in [9.17, 15) is 0 Å². The van der Waals surface area contributed by atoms with E-state index in [1.807, 2.05) is 7.05 Å². The number of benzene rings is 1. The van der Waals surface area contributed by atoms with E-state index in [1.165, 1.54) is 11.1 Å². The molecule has 0 saturated heterocycles. The van der Waals surface area contributed by atoms with Crippen molar-refractivity contribution in [3.05, 3.63) is 39.6 Å². The number of aryl methyl sites for hydroxylation is 2. The minimum absolute atomic E-state index is 0.776. The molecule has 3 nitrogen and oxygen atoms in total. The molecule has 90 valence electrons. The summed E-state index contributed by atoms with van der Waals surface area (Å²) in [6.45, 7) is 4.97. The second kappa shape index (κ2) is 5.02. The lowest BCUT2D eigenvalue weighted by atomic mass is 10.1. The summed E-state index contributed by atoms with van der Waals surface area (Å²) in [5.74, 6) is 0.920. The van der Waals surface area contributed by atoms with Crippen molar-refractivity contribution in [3.63, 3.8) is 0 Å². The Balaban J connectivity index is 2.45. The first-order valence-electron chi connectivity index (χ1n) is 5.58. The average Bonchev–Trinajstić information content (AvgIpc) is 2.64. The van der Waals surface area contributed by atoms with Crippen molar-refractivity contribution in [3.8, 4) is 11.4 Å². The molecule has 1 aromatic heterocycles. The van der Waals surface area contributed by atoms with Crippen molar-refractivity contribution >= 4 is 15.9 Å². The molecule has 0 fully saturated rings. The molecule has 0 atom stereocenters. The molecule has 0 bridgehead atoms. The van der Waals surface area contributed by atoms with Gasteiger partial charge in [-0.1, -0.05) is 17.7 Å². The number of nitrogens with zero attached hydrogens (tertiary/aromatic N) is 1. The second-order valence-electron chi connectivity index (χ2n) is 4.20. The first kappa shape index (κ1) is 12.3. The first-order valence-corrected chi connectivity index (χ1v) is 6.37. The summed E-state index contributed by atoms with van der Waals surface area (Å²) in [5.41, 5.74) is 4.71. The molecule has 2 aromatic rings. The maximum Gasteiger partial charge on any atom is 0.139 e. The second-order valence-corrected chi connectivity index (χ2v) is 4.95. The summed E-state index contributed by atoms with van der Waals surface area (Å²) in [6, 6.07) is 6.40. The third kappa shape index (κ3) is 2.58. The summed E-state index contributed by atoms with van der Waals surface area (Å²) in [6.07, 6.45) is 0. The largest absolute Gasteiger partial charge is 0.340 e. The zero-order valence-electron chi connectivity index (χ0n) is 10.3. The summed E-state index contributed by atoms with van der Waals surface area (Å²) in [7, 11) is 1.92. The van der Waals surface area contributed by atoms with E-state index in [2.05, 4.69) is 63.3 Å². The van der Waals surface area contributed by atoms with Gasteiger partial charge in [0.25, 0.3) is 0 Å². The van der Waals surface area contributed by atoms with E-state index in [1.54, 1.807) is 0 Å². The van der Waals surface area contributed by atoms with E-state index in [0.29, 0.717) is 0 Å². The van der Waals surface area contributed by atoms with E-state index in [4.69, 9.17) is 0 Å². The Morgan fingerprint density at radius 2 is 2.12 bits per heavy atom. The number of halogens is 1. The predicted molar refractivity (Wildman–Crippen MR) is 74.0 cm³/mol. The van der Waals surface area contributed by atoms with Gasteiger partial charge in [-0.2, -0.15) is 0 Å². The Kier molecular flexibility index (Phi) is 3.64. The maximum absolute atomic E-state index is 4.52. The molecule has 0 amide bonds. The molecule has 0 saturated carbocycles. The molecule has 1 heterocycles. The molecule has 17 heavy (non-hydrogen) atoms. The van der Waals surface area contributed by atoms with E-state index in [-0.39, 0.29) is 0 Å². The van der Waals surface area contributed by atoms with Crippen molar-refractivity contribution < 1.29 is 0 Å². The quantitative estimate of drug-likeness (QED) is 0.913. The topological polar surface area (TPSA) is 40.7 Å². The van der Waals surface area contributed by atoms with Crippen LogP contribution in [0.25, 0.3) is 11.4 Å². The van der Waals surface area contributed by atoms with Gasteiger partial charge in [-0.05, 0) is 48.5 Å². The summed E-state index contributed by atoms with van der Waals surface area (Å²) in [5, 5.41) is 3.11. The third-order valence-electron chi connectivity index (χ3n) is 2.73. The van der Waals surface area contributed by atoms with Gasteiger partial charge >= 0.3 is 0 Å². The normalized spacial score (nSPS) is 10.8. The van der Waals surface area contributed by atoms with Crippen LogP contribution in [0.1, 0.15) is 16.8 Å². The molecule has 0 unspecified atom stereocenters. The lowest BCUT2D eigenvalue weighted by Crippen LogP contribution is -2.05. The van der Waals surface area contributed by atoms with Crippen LogP contribution < -0.4 is 5.32 Å². The molecule has 0 aliphatic rings. The monoisotopic (exact) mass is 293 g/mol. The van der Waals surface area contributed by atoms with E-state index < -0.39 is 0 Å². The highest BCUT2D eigenvalue weighted by atomic mass is 79.9. The number of aromatic nitrogens is 2. The summed E-state index contributed by atoms with van der Waals surface area (Å²) >= 11 is 3.48. The average molecular weight is 294 g/mol. The molecule has 0 spiro atoms. The molecule has 0 radical (unpaired) electrons. The van der Waals surface area contributed by atoms with Gasteiger partial charge in [0.1, 0.15) is 10.4 Å². The molecule has 4 heteroatoms. The predicted octanol–water partition coefficient (Wildman–Crippen LogP) is 3.18. The third-order valence-corrected chi connectivity index (χ3v) is 3.39. The van der Waals surface area contributed by atoms with Gasteiger partial charge in [-0.3, -0.25) is 0 Å². The van der Waals surface area contributed by atoms with Crippen LogP contribution in [0.4, 0.5) is 0 Å². The molecule has 0 aliphatic heterocycles. The number of rotatable bonds is 3. The number of aromatic amines is 1. The number of nitrogens with one attached hydrogen (secondary N) is 2. The molecule has 1 aromatic carbocycles. The smallest absolute Gasteiger partial charge is 0.139 e. The SMILES string of the molecule is CNCc1[nH]c(-c2cc(C)ccc2C)nc1Br. The zero-order valence-corrected chi connectivity index (χ0v) is 11.9. The van der Waals surface area contributed by atoms with Gasteiger partial charge in [-0.15, -0.1) is 0 Å². The highest BCUT2D eigenvalue weighted by Crippen LogP contribution is 2.25. The minimum atomic E-state index is 0.776. The number of hydrogen-bond acceptors (Lipinski definition) is 2. The van der Waals surface area contributed by atoms with Crippen LogP contribution in [0.5, 0.6) is 0 Å². The van der Waals surface area contributed by atoms with Crippen LogP contribution in [0.15, 0.2) is 22.8 Å². The lowest BCUT2D eigenvalue weighted by Gasteiger charge is -2.03. The van der Waals surface area contributed by atoms with Crippen LogP contribution >= 0.6 is 15.9 Å². The highest BCUT2D eigenvalue weighted by molar-refractivity contribution is 9.10. The van der Waals surface area contributed by atoms with Crippen molar-refractivity contribution in [1.82, 2.24) is 15.3 Å². The Labute approximate surface area is 110 Å². The van der Waals surface area contributed by atoms with Gasteiger partial charge in [0, 0.05) is 12.1 Å². The summed E-state index contributed by atoms with van der Waals surface area (Å²) in [4.78, 5) is 7.87. The molecular weight excluding hydrogens is 278 g/mol. The zero-order chi connectivity index (χ0) is 12.4. The lowest BCUT2D eigenvalue weighted by molar-refractivity contribution is 0.793. The fourth-order valence-corrected chi connectivity index (χ4v) is 2.22. The van der Waals surface area contributed by atoms with Gasteiger partial charge in [0.2, 0.25) is 0 Å². The molecule has 0 aliphatic carbocycles. The van der Waals surface area contributed by atoms with Gasteiger partial charge in [0.15, 0.2) is 0 Å². The Morgan fingerprint density at radius 3 is 2.82 bits per heavy atom. The van der Waals surface area contributed by atoms with E-state index >= 15 is 0 Å². The van der Waals surface area contributed by atoms with Crippen LogP contribution in [0, 0.1) is 13.8 Å². The molecule has 2 N–H and O–H groups in total. The highest BCUT2D eigenvalue weighted by Gasteiger charge is 2.10. The fraction of sp³-hybridized carbons (Fsp3) is 0.308. The molecular formula is C13H16BrN3. The Hall–Kier alpha value is -1.13. The number of imidazole rings is 1. The number of hydrogen-bond donors (Lipinski definition) is 2. The van der Waals surface area contributed by atoms with Gasteiger partial charge < -0.3 is 10.3 Å². The number of H-pyrrole nitrogens is 1. The standard InChI is InChI=1S/C13H16BrN3/c1-8-4-5-9(2)10(6-8)13-16-11(7-15-3)12(14)17-13/h4-6,15H,7H2,1-3H3,(H,16,17). The van der Waals surface area contributed by atoms with Gasteiger partial charge in [0.05, 0.1) is 5.69 Å². The molecule has 2 rings (SSSR count). The minimum Gasteiger partial charge on any atom is -0.340 e. The van der Waals surface area contributed by atoms with E-state index in [0.717, 1.165) is 28.2 Å². The van der Waals surface area contributed by atoms with Crippen molar-refractivity contribution in [1.29, 1.82) is 0 Å². The van der Waals surface area contributed by atoms with Crippen molar-refractivity contribution in [2.24, 2.45) is 0 Å². The van der Waals surface area contributed by atoms with Crippen LogP contribution in [0.2, 0.25) is 0 Å². The van der Waals surface area contributed by atoms with Crippen molar-refractivity contribution in [2.75, 3.05) is 7.05 Å².